The van der Waals surface area contributed by atoms with Gasteiger partial charge in [0.15, 0.2) is 0 Å². The lowest BCUT2D eigenvalue weighted by molar-refractivity contribution is -0.132. The van der Waals surface area contributed by atoms with Crippen LogP contribution in [0.5, 0.6) is 5.75 Å². The molecule has 2 fully saturated rings. The van der Waals surface area contributed by atoms with E-state index < -0.39 is 0 Å². The molecule has 5 rings (SSSR count). The van der Waals surface area contributed by atoms with Crippen LogP contribution in [0.25, 0.3) is 0 Å². The molecule has 0 unspecified atom stereocenters. The van der Waals surface area contributed by atoms with Gasteiger partial charge in [0.05, 0.1) is 5.41 Å². The highest BCUT2D eigenvalue weighted by atomic mass is 16.3. The number of likely N-dealkylation sites (tertiary alicyclic amines) is 1. The van der Waals surface area contributed by atoms with Gasteiger partial charge in [-0.25, -0.2) is 0 Å². The number of benzene rings is 2. The number of likely N-dealkylation sites (N-methyl/N-ethyl adjacent to an activating group) is 1. The Balaban J connectivity index is 1.42. The Bertz CT molecular complexity index is 1000. The van der Waals surface area contributed by atoms with Crippen molar-refractivity contribution < 1.29 is 9.90 Å². The first-order chi connectivity index (χ1) is 14.8. The van der Waals surface area contributed by atoms with Crippen molar-refractivity contribution in [3.63, 3.8) is 0 Å². The van der Waals surface area contributed by atoms with E-state index >= 15 is 0 Å². The first-order valence-corrected chi connectivity index (χ1v) is 11.6. The van der Waals surface area contributed by atoms with Crippen LogP contribution in [0.4, 0.5) is 0 Å². The number of piperidine rings is 1. The molecule has 31 heavy (non-hydrogen) atoms. The molecule has 2 aromatic carbocycles. The van der Waals surface area contributed by atoms with Gasteiger partial charge in [0.2, 0.25) is 5.91 Å². The van der Waals surface area contributed by atoms with Crippen molar-refractivity contribution in [2.45, 2.75) is 50.0 Å². The van der Waals surface area contributed by atoms with Gasteiger partial charge >= 0.3 is 0 Å². The topological polar surface area (TPSA) is 43.8 Å². The van der Waals surface area contributed by atoms with Crippen LogP contribution in [-0.2, 0) is 22.0 Å². The van der Waals surface area contributed by atoms with Gasteiger partial charge in [-0.1, -0.05) is 50.2 Å². The summed E-state index contributed by atoms with van der Waals surface area (Å²) in [5, 5.41) is 10.1. The molecule has 1 saturated heterocycles. The zero-order chi connectivity index (χ0) is 22.0. The van der Waals surface area contributed by atoms with Crippen molar-refractivity contribution in [3.05, 3.63) is 65.2 Å². The summed E-state index contributed by atoms with van der Waals surface area (Å²) in [5.41, 5.74) is 3.62. The highest BCUT2D eigenvalue weighted by molar-refractivity contribution is 5.91. The van der Waals surface area contributed by atoms with Crippen LogP contribution < -0.4 is 0 Å². The fourth-order valence-electron chi connectivity index (χ4n) is 6.63. The fourth-order valence-corrected chi connectivity index (χ4v) is 6.63. The van der Waals surface area contributed by atoms with Gasteiger partial charge in [-0.05, 0) is 71.9 Å². The Morgan fingerprint density at radius 1 is 1.19 bits per heavy atom. The maximum Gasteiger partial charge on any atom is 0.233 e. The molecule has 1 N–H and O–H groups in total. The molecule has 3 aliphatic rings. The summed E-state index contributed by atoms with van der Waals surface area (Å²) in [7, 11) is 3.76. The van der Waals surface area contributed by atoms with Crippen molar-refractivity contribution in [2.24, 2.45) is 11.8 Å². The Hall–Kier alpha value is -2.33. The Kier molecular flexibility index (Phi) is 4.71. The van der Waals surface area contributed by atoms with Gasteiger partial charge in [-0.3, -0.25) is 9.69 Å². The monoisotopic (exact) mass is 418 g/mol. The van der Waals surface area contributed by atoms with Crippen LogP contribution in [0.3, 0.4) is 0 Å². The maximum atomic E-state index is 13.3. The summed E-state index contributed by atoms with van der Waals surface area (Å²) in [6, 6.07) is 16.8. The summed E-state index contributed by atoms with van der Waals surface area (Å²) in [6.07, 6.45) is 3.06. The van der Waals surface area contributed by atoms with Gasteiger partial charge in [0, 0.05) is 26.7 Å². The molecule has 1 heterocycles. The molecule has 2 bridgehead atoms. The van der Waals surface area contributed by atoms with Crippen LogP contribution in [0.2, 0.25) is 0 Å². The number of hydrogen-bond donors (Lipinski definition) is 1. The Morgan fingerprint density at radius 2 is 1.94 bits per heavy atom. The number of carbonyl (C=O) groups is 1. The summed E-state index contributed by atoms with van der Waals surface area (Å²) >= 11 is 0. The lowest BCUT2D eigenvalue weighted by Gasteiger charge is -2.55. The molecule has 0 aromatic heterocycles. The lowest BCUT2D eigenvalue weighted by atomic mass is 9.59. The number of fused-ring (bicyclic) bond motifs is 4. The minimum atomic E-state index is -0.368. The molecule has 164 valence electrons. The molecule has 1 aliphatic heterocycles. The Morgan fingerprint density at radius 3 is 2.65 bits per heavy atom. The van der Waals surface area contributed by atoms with Crippen LogP contribution in [0, 0.1) is 11.8 Å². The van der Waals surface area contributed by atoms with Crippen molar-refractivity contribution in [3.8, 4) is 5.75 Å². The molecule has 1 amide bonds. The van der Waals surface area contributed by atoms with Crippen LogP contribution in [-0.4, -0.2) is 54.0 Å². The number of nitrogens with zero attached hydrogens (tertiary/aromatic N) is 2. The third-order valence-electron chi connectivity index (χ3n) is 8.74. The first-order valence-electron chi connectivity index (χ1n) is 11.6. The van der Waals surface area contributed by atoms with Crippen molar-refractivity contribution in [1.29, 1.82) is 0 Å². The zero-order valence-electron chi connectivity index (χ0n) is 19.1. The highest BCUT2D eigenvalue weighted by Gasteiger charge is 2.62. The lowest BCUT2D eigenvalue weighted by Crippen LogP contribution is -2.58. The molecule has 0 spiro atoms. The third kappa shape index (κ3) is 3.02. The van der Waals surface area contributed by atoms with Gasteiger partial charge in [0.25, 0.3) is 0 Å². The zero-order valence-corrected chi connectivity index (χ0v) is 19.1. The molecule has 2 aliphatic carbocycles. The van der Waals surface area contributed by atoms with E-state index in [9.17, 15) is 9.90 Å². The number of amides is 1. The normalized spacial score (nSPS) is 34.1. The van der Waals surface area contributed by atoms with Crippen molar-refractivity contribution in [1.82, 2.24) is 9.80 Å². The van der Waals surface area contributed by atoms with E-state index in [1.54, 1.807) is 4.90 Å². The van der Waals surface area contributed by atoms with Crippen LogP contribution in [0.15, 0.2) is 48.5 Å². The van der Waals surface area contributed by atoms with E-state index in [1.165, 1.54) is 11.1 Å². The van der Waals surface area contributed by atoms with Gasteiger partial charge in [0.1, 0.15) is 5.75 Å². The molecule has 0 radical (unpaired) electrons. The molecule has 5 atom stereocenters. The quantitative estimate of drug-likeness (QED) is 0.817. The van der Waals surface area contributed by atoms with E-state index in [-0.39, 0.29) is 16.7 Å². The molecule has 1 saturated carbocycles. The largest absolute Gasteiger partial charge is 0.508 e. The minimum Gasteiger partial charge on any atom is -0.508 e. The van der Waals surface area contributed by atoms with E-state index in [4.69, 9.17) is 0 Å². The van der Waals surface area contributed by atoms with Crippen LogP contribution in [0.1, 0.15) is 43.4 Å². The number of rotatable bonds is 4. The second-order valence-electron chi connectivity index (χ2n) is 10.5. The number of hydrogen-bond acceptors (Lipinski definition) is 3. The number of carbonyl (C=O) groups excluding carboxylic acids is 1. The molecule has 4 nitrogen and oxygen atoms in total. The number of phenols is 1. The molecule has 4 heteroatoms. The summed E-state index contributed by atoms with van der Waals surface area (Å²) in [6.45, 7) is 6.79. The predicted molar refractivity (Wildman–Crippen MR) is 123 cm³/mol. The van der Waals surface area contributed by atoms with E-state index in [0.29, 0.717) is 23.6 Å². The first kappa shape index (κ1) is 20.6. The number of phenolic OH excluding ortho intramolecular Hbond substituents is 1. The van der Waals surface area contributed by atoms with Gasteiger partial charge in [-0.15, -0.1) is 0 Å². The predicted octanol–water partition coefficient (Wildman–Crippen LogP) is 3.96. The summed E-state index contributed by atoms with van der Waals surface area (Å²) in [4.78, 5) is 17.7. The van der Waals surface area contributed by atoms with Gasteiger partial charge in [-0.2, -0.15) is 0 Å². The summed E-state index contributed by atoms with van der Waals surface area (Å²) < 4.78 is 0. The van der Waals surface area contributed by atoms with E-state index in [1.807, 2.05) is 32.3 Å². The number of aromatic hydroxyl groups is 1. The fraction of sp³-hybridized carbons (Fsp3) is 0.519. The average Bonchev–Trinajstić information content (AvgIpc) is 3.48. The second kappa shape index (κ2) is 7.09. The van der Waals surface area contributed by atoms with E-state index in [0.717, 1.165) is 37.9 Å². The average molecular weight is 419 g/mol. The molecule has 2 aromatic rings. The summed E-state index contributed by atoms with van der Waals surface area (Å²) in [5.74, 6) is 1.50. The minimum absolute atomic E-state index is 0.104. The van der Waals surface area contributed by atoms with E-state index in [2.05, 4.69) is 49.1 Å². The SMILES string of the molecule is C[C@H]1[C@H]2Cc3ccc(O)cc3[C@]1(C)CCN2C[C@@H]1C[C@@]1(C(=O)N(C)C)c1ccccc1. The van der Waals surface area contributed by atoms with Crippen LogP contribution >= 0.6 is 0 Å². The van der Waals surface area contributed by atoms with Crippen molar-refractivity contribution >= 4 is 5.91 Å². The molecular weight excluding hydrogens is 384 g/mol. The smallest absolute Gasteiger partial charge is 0.233 e. The second-order valence-corrected chi connectivity index (χ2v) is 10.5. The maximum absolute atomic E-state index is 13.3. The Labute approximate surface area is 185 Å². The van der Waals surface area contributed by atoms with Crippen molar-refractivity contribution in [2.75, 3.05) is 27.2 Å². The highest BCUT2D eigenvalue weighted by Crippen LogP contribution is 2.57. The standard InChI is InChI=1S/C27H34N2O2/c1-18-24-14-19-10-11-22(30)15-23(19)26(18,2)12-13-29(24)17-21-16-27(21,25(31)28(3)4)20-8-6-5-7-9-20/h5-11,15,18,21,24,30H,12-14,16-17H2,1-4H3/t18-,21-,24+,26+,27+/m0/s1. The molecular formula is C27H34N2O2. The third-order valence-corrected chi connectivity index (χ3v) is 8.74. The van der Waals surface area contributed by atoms with Gasteiger partial charge < -0.3 is 10.0 Å².